The van der Waals surface area contributed by atoms with Crippen molar-refractivity contribution in [2.24, 2.45) is 0 Å². The molecule has 102 valence electrons. The van der Waals surface area contributed by atoms with Crippen LogP contribution in [0.15, 0.2) is 12.1 Å². The smallest absolute Gasteiger partial charge is 0.134 e. The predicted molar refractivity (Wildman–Crippen MR) is 66.4 cm³/mol. The van der Waals surface area contributed by atoms with E-state index in [0.29, 0.717) is 18.6 Å². The number of aliphatic hydroxyl groups is 1. The van der Waals surface area contributed by atoms with Crippen molar-refractivity contribution in [3.8, 4) is 0 Å². The third-order valence-corrected chi connectivity index (χ3v) is 3.35. The molecule has 1 N–H and O–H groups in total. The predicted octanol–water partition coefficient (Wildman–Crippen LogP) is 3.51. The zero-order chi connectivity index (χ0) is 13.9. The molecule has 2 unspecified atom stereocenters. The Labute approximate surface area is 107 Å². The second kappa shape index (κ2) is 5.76. The number of benzene rings is 1. The lowest BCUT2D eigenvalue weighted by atomic mass is 9.89. The number of halogens is 2. The Morgan fingerprint density at radius 1 is 1.33 bits per heavy atom. The van der Waals surface area contributed by atoms with Gasteiger partial charge < -0.3 is 9.84 Å². The number of aliphatic hydroxyl groups excluding tert-OH is 1. The minimum Gasteiger partial charge on any atom is -0.385 e. The highest BCUT2D eigenvalue weighted by Crippen LogP contribution is 2.35. The molecule has 1 rings (SSSR count). The fraction of sp³-hybridized carbons (Fsp3) is 0.571. The van der Waals surface area contributed by atoms with E-state index in [1.165, 1.54) is 19.1 Å². The van der Waals surface area contributed by atoms with E-state index in [9.17, 15) is 13.9 Å². The standard InChI is InChI=1S/C14H20F2O2/c1-5-14(4,18-6-2)13(17)11-10(15)8-7-9(3)12(11)16/h7-8,13,17H,5-6H2,1-4H3. The molecule has 1 aromatic carbocycles. The van der Waals surface area contributed by atoms with Crippen LogP contribution in [0.4, 0.5) is 8.78 Å². The topological polar surface area (TPSA) is 29.5 Å². The second-order valence-corrected chi connectivity index (χ2v) is 4.59. The Morgan fingerprint density at radius 2 is 1.94 bits per heavy atom. The summed E-state index contributed by atoms with van der Waals surface area (Å²) in [5, 5.41) is 10.3. The van der Waals surface area contributed by atoms with Gasteiger partial charge in [0.05, 0.1) is 11.2 Å². The molecule has 2 atom stereocenters. The van der Waals surface area contributed by atoms with Gasteiger partial charge in [0, 0.05) is 6.61 Å². The first kappa shape index (κ1) is 15.1. The van der Waals surface area contributed by atoms with Crippen LogP contribution in [0.1, 0.15) is 44.4 Å². The van der Waals surface area contributed by atoms with Gasteiger partial charge in [0.2, 0.25) is 0 Å². The van der Waals surface area contributed by atoms with Crippen LogP contribution in [0.5, 0.6) is 0 Å². The van der Waals surface area contributed by atoms with E-state index in [1.807, 2.05) is 6.92 Å². The van der Waals surface area contributed by atoms with E-state index in [1.54, 1.807) is 13.8 Å². The van der Waals surface area contributed by atoms with Crippen LogP contribution in [-0.2, 0) is 4.74 Å². The van der Waals surface area contributed by atoms with Crippen molar-refractivity contribution in [2.75, 3.05) is 6.61 Å². The van der Waals surface area contributed by atoms with Gasteiger partial charge >= 0.3 is 0 Å². The van der Waals surface area contributed by atoms with Gasteiger partial charge in [0.15, 0.2) is 0 Å². The summed E-state index contributed by atoms with van der Waals surface area (Å²) in [6, 6.07) is 2.52. The molecule has 2 nitrogen and oxygen atoms in total. The summed E-state index contributed by atoms with van der Waals surface area (Å²) >= 11 is 0. The number of hydrogen-bond donors (Lipinski definition) is 1. The molecule has 18 heavy (non-hydrogen) atoms. The second-order valence-electron chi connectivity index (χ2n) is 4.59. The van der Waals surface area contributed by atoms with Gasteiger partial charge in [-0.15, -0.1) is 0 Å². The largest absolute Gasteiger partial charge is 0.385 e. The lowest BCUT2D eigenvalue weighted by Gasteiger charge is -2.34. The molecule has 0 saturated carbocycles. The van der Waals surface area contributed by atoms with E-state index < -0.39 is 23.3 Å². The Morgan fingerprint density at radius 3 is 2.44 bits per heavy atom. The first-order valence-electron chi connectivity index (χ1n) is 6.13. The van der Waals surface area contributed by atoms with Gasteiger partial charge in [-0.3, -0.25) is 0 Å². The third-order valence-electron chi connectivity index (χ3n) is 3.35. The van der Waals surface area contributed by atoms with Gasteiger partial charge in [-0.1, -0.05) is 13.0 Å². The zero-order valence-electron chi connectivity index (χ0n) is 11.3. The van der Waals surface area contributed by atoms with E-state index >= 15 is 0 Å². The lowest BCUT2D eigenvalue weighted by Crippen LogP contribution is -2.36. The minimum absolute atomic E-state index is 0.306. The van der Waals surface area contributed by atoms with Crippen LogP contribution < -0.4 is 0 Å². The highest BCUT2D eigenvalue weighted by atomic mass is 19.1. The molecule has 0 saturated heterocycles. The van der Waals surface area contributed by atoms with Crippen molar-refractivity contribution in [3.05, 3.63) is 34.9 Å². The van der Waals surface area contributed by atoms with Crippen molar-refractivity contribution in [1.82, 2.24) is 0 Å². The van der Waals surface area contributed by atoms with Gasteiger partial charge in [-0.2, -0.15) is 0 Å². The Kier molecular flexibility index (Phi) is 4.82. The number of hydrogen-bond acceptors (Lipinski definition) is 2. The molecule has 0 aliphatic rings. The molecule has 0 fully saturated rings. The normalized spacial score (nSPS) is 16.4. The average molecular weight is 258 g/mol. The molecule has 0 bridgehead atoms. The molecule has 0 amide bonds. The SMILES string of the molecule is CCOC(C)(CC)C(O)c1c(F)ccc(C)c1F. The first-order valence-corrected chi connectivity index (χ1v) is 6.13. The van der Waals surface area contributed by atoms with Crippen LogP contribution in [0.2, 0.25) is 0 Å². The maximum absolute atomic E-state index is 14.0. The summed E-state index contributed by atoms with van der Waals surface area (Å²) < 4.78 is 33.2. The average Bonchev–Trinajstić information content (AvgIpc) is 2.34. The van der Waals surface area contributed by atoms with Crippen LogP contribution >= 0.6 is 0 Å². The summed E-state index contributed by atoms with van der Waals surface area (Å²) in [7, 11) is 0. The monoisotopic (exact) mass is 258 g/mol. The van der Waals surface area contributed by atoms with E-state index in [4.69, 9.17) is 4.74 Å². The third kappa shape index (κ3) is 2.70. The molecule has 1 aromatic rings. The fourth-order valence-corrected chi connectivity index (χ4v) is 1.94. The molecule has 4 heteroatoms. The summed E-state index contributed by atoms with van der Waals surface area (Å²) in [5.74, 6) is -1.45. The van der Waals surface area contributed by atoms with Crippen LogP contribution in [0.25, 0.3) is 0 Å². The Hall–Kier alpha value is -1.00. The quantitative estimate of drug-likeness (QED) is 0.875. The molecule has 0 aliphatic heterocycles. The summed E-state index contributed by atoms with van der Waals surface area (Å²) in [5.41, 5.74) is -1.00. The highest BCUT2D eigenvalue weighted by Gasteiger charge is 2.36. The number of aryl methyl sites for hydroxylation is 1. The fourth-order valence-electron chi connectivity index (χ4n) is 1.94. The number of ether oxygens (including phenoxy) is 1. The van der Waals surface area contributed by atoms with Crippen molar-refractivity contribution < 1.29 is 18.6 Å². The van der Waals surface area contributed by atoms with Crippen molar-refractivity contribution >= 4 is 0 Å². The summed E-state index contributed by atoms with van der Waals surface area (Å²) in [6.07, 6.45) is -0.878. The van der Waals surface area contributed by atoms with Crippen LogP contribution in [-0.4, -0.2) is 17.3 Å². The Balaban J connectivity index is 3.25. The molecule has 0 aliphatic carbocycles. The molecule has 0 spiro atoms. The van der Waals surface area contributed by atoms with E-state index in [-0.39, 0.29) is 5.56 Å². The summed E-state index contributed by atoms with van der Waals surface area (Å²) in [6.45, 7) is 7.15. The lowest BCUT2D eigenvalue weighted by molar-refractivity contribution is -0.115. The maximum Gasteiger partial charge on any atom is 0.134 e. The van der Waals surface area contributed by atoms with Gasteiger partial charge in [-0.05, 0) is 38.8 Å². The first-order chi connectivity index (χ1) is 8.37. The minimum atomic E-state index is -1.33. The molecular formula is C14H20F2O2. The van der Waals surface area contributed by atoms with Crippen molar-refractivity contribution in [3.63, 3.8) is 0 Å². The van der Waals surface area contributed by atoms with E-state index in [0.717, 1.165) is 0 Å². The van der Waals surface area contributed by atoms with Crippen molar-refractivity contribution in [2.45, 2.75) is 45.8 Å². The van der Waals surface area contributed by atoms with Crippen molar-refractivity contribution in [1.29, 1.82) is 0 Å². The van der Waals surface area contributed by atoms with Gasteiger partial charge in [-0.25, -0.2) is 8.78 Å². The van der Waals surface area contributed by atoms with Gasteiger partial charge in [0.25, 0.3) is 0 Å². The van der Waals surface area contributed by atoms with Crippen LogP contribution in [0, 0.1) is 18.6 Å². The molecule has 0 radical (unpaired) electrons. The summed E-state index contributed by atoms with van der Waals surface area (Å²) in [4.78, 5) is 0. The molecule has 0 aromatic heterocycles. The van der Waals surface area contributed by atoms with Gasteiger partial charge in [0.1, 0.15) is 17.7 Å². The maximum atomic E-state index is 14.0. The Bertz CT molecular complexity index is 421. The van der Waals surface area contributed by atoms with E-state index in [2.05, 4.69) is 0 Å². The zero-order valence-corrected chi connectivity index (χ0v) is 11.3. The van der Waals surface area contributed by atoms with Crippen LogP contribution in [0.3, 0.4) is 0 Å². The molecule has 0 heterocycles. The molecular weight excluding hydrogens is 238 g/mol. The highest BCUT2D eigenvalue weighted by molar-refractivity contribution is 5.29. The number of rotatable bonds is 5.